The predicted octanol–water partition coefficient (Wildman–Crippen LogP) is 2.21. The molecule has 25 heavy (non-hydrogen) atoms. The van der Waals surface area contributed by atoms with Crippen molar-refractivity contribution in [2.75, 3.05) is 26.6 Å². The molecule has 0 unspecified atom stereocenters. The zero-order valence-corrected chi connectivity index (χ0v) is 14.7. The van der Waals surface area contributed by atoms with Crippen LogP contribution in [0.1, 0.15) is 25.8 Å². The minimum absolute atomic E-state index is 0.0231. The molecule has 1 aromatic carbocycles. The van der Waals surface area contributed by atoms with Gasteiger partial charge < -0.3 is 24.3 Å². The van der Waals surface area contributed by atoms with Crippen LogP contribution < -0.4 is 14.8 Å². The summed E-state index contributed by atoms with van der Waals surface area (Å²) in [6, 6.07) is 5.44. The Hall–Kier alpha value is -2.05. The van der Waals surface area contributed by atoms with Crippen LogP contribution in [0.3, 0.4) is 0 Å². The largest absolute Gasteiger partial charge is 0.454 e. The first-order chi connectivity index (χ1) is 12.1. The highest BCUT2D eigenvalue weighted by Gasteiger charge is 2.27. The van der Waals surface area contributed by atoms with Gasteiger partial charge in [-0.05, 0) is 38.0 Å². The van der Waals surface area contributed by atoms with E-state index in [1.165, 1.54) is 5.57 Å². The average molecular weight is 347 g/mol. The molecule has 1 fully saturated rings. The van der Waals surface area contributed by atoms with Crippen molar-refractivity contribution in [1.82, 2.24) is 5.32 Å². The van der Waals surface area contributed by atoms with Gasteiger partial charge in [0.1, 0.15) is 0 Å². The number of hydrogen-bond acceptors (Lipinski definition) is 5. The van der Waals surface area contributed by atoms with E-state index in [9.17, 15) is 4.79 Å². The van der Waals surface area contributed by atoms with Gasteiger partial charge in [-0.25, -0.2) is 0 Å². The molecule has 0 radical (unpaired) electrons. The van der Waals surface area contributed by atoms with Gasteiger partial charge in [-0.15, -0.1) is 0 Å². The van der Waals surface area contributed by atoms with E-state index in [-0.39, 0.29) is 31.3 Å². The average Bonchev–Trinajstić information content (AvgIpc) is 3.03. The molecule has 1 amide bonds. The lowest BCUT2D eigenvalue weighted by Crippen LogP contribution is -2.51. The Morgan fingerprint density at radius 1 is 1.32 bits per heavy atom. The van der Waals surface area contributed by atoms with Crippen LogP contribution >= 0.6 is 0 Å². The van der Waals surface area contributed by atoms with Gasteiger partial charge in [0.05, 0.1) is 31.8 Å². The second kappa shape index (κ2) is 8.36. The Morgan fingerprint density at radius 2 is 2.16 bits per heavy atom. The van der Waals surface area contributed by atoms with Gasteiger partial charge in [0.15, 0.2) is 11.5 Å². The first-order valence-electron chi connectivity index (χ1n) is 8.62. The van der Waals surface area contributed by atoms with E-state index < -0.39 is 0 Å². The Morgan fingerprint density at radius 3 is 3.00 bits per heavy atom. The van der Waals surface area contributed by atoms with Crippen LogP contribution in [0, 0.1) is 0 Å². The lowest BCUT2D eigenvalue weighted by molar-refractivity contribution is -0.125. The van der Waals surface area contributed by atoms with Gasteiger partial charge in [0, 0.05) is 6.61 Å². The quantitative estimate of drug-likeness (QED) is 0.799. The zero-order valence-electron chi connectivity index (χ0n) is 14.7. The lowest BCUT2D eigenvalue weighted by Gasteiger charge is -2.32. The van der Waals surface area contributed by atoms with E-state index in [0.717, 1.165) is 17.7 Å². The van der Waals surface area contributed by atoms with E-state index >= 15 is 0 Å². The summed E-state index contributed by atoms with van der Waals surface area (Å²) in [5.41, 5.74) is 2.11. The standard InChI is InChI=1S/C19H25NO5/c1-13(2)5-8-23-16-6-7-22-11-15(16)20-19(21)10-14-3-4-17-18(9-14)25-12-24-17/h3-5,9,15-16H,6-8,10-12H2,1-2H3,(H,20,21)/t15-,16+/m1/s1. The van der Waals surface area contributed by atoms with Crippen LogP contribution in [0.15, 0.2) is 29.8 Å². The highest BCUT2D eigenvalue weighted by Crippen LogP contribution is 2.32. The lowest BCUT2D eigenvalue weighted by atomic mass is 10.1. The van der Waals surface area contributed by atoms with Gasteiger partial charge in [-0.1, -0.05) is 17.7 Å². The first-order valence-corrected chi connectivity index (χ1v) is 8.62. The fraction of sp³-hybridized carbons (Fsp3) is 0.526. The van der Waals surface area contributed by atoms with E-state index in [0.29, 0.717) is 25.6 Å². The van der Waals surface area contributed by atoms with Crippen LogP contribution in [0.4, 0.5) is 0 Å². The molecular formula is C19H25NO5. The third-order valence-electron chi connectivity index (χ3n) is 4.24. The number of hydrogen-bond donors (Lipinski definition) is 1. The summed E-state index contributed by atoms with van der Waals surface area (Å²) in [6.45, 7) is 6.01. The number of nitrogens with one attached hydrogen (secondary N) is 1. The summed E-state index contributed by atoms with van der Waals surface area (Å²) < 4.78 is 22.1. The molecule has 136 valence electrons. The van der Waals surface area contributed by atoms with Crippen molar-refractivity contribution in [1.29, 1.82) is 0 Å². The van der Waals surface area contributed by atoms with Crippen molar-refractivity contribution in [3.63, 3.8) is 0 Å². The minimum Gasteiger partial charge on any atom is -0.454 e. The van der Waals surface area contributed by atoms with Gasteiger partial charge >= 0.3 is 0 Å². The van der Waals surface area contributed by atoms with Gasteiger partial charge in [0.2, 0.25) is 12.7 Å². The maximum Gasteiger partial charge on any atom is 0.231 e. The van der Waals surface area contributed by atoms with Crippen LogP contribution in [0.5, 0.6) is 11.5 Å². The SMILES string of the molecule is CC(C)=CCO[C@H]1CCOC[C@H]1NC(=O)Cc1ccc2c(c1)OCO2. The topological polar surface area (TPSA) is 66.0 Å². The molecule has 2 atom stereocenters. The fourth-order valence-electron chi connectivity index (χ4n) is 2.88. The summed E-state index contributed by atoms with van der Waals surface area (Å²) in [7, 11) is 0. The molecule has 0 aliphatic carbocycles. The Bertz CT molecular complexity index is 639. The summed E-state index contributed by atoms with van der Waals surface area (Å²) in [5, 5.41) is 3.04. The van der Waals surface area contributed by atoms with E-state index in [2.05, 4.69) is 5.32 Å². The minimum atomic E-state index is -0.124. The molecule has 2 heterocycles. The van der Waals surface area contributed by atoms with Crippen molar-refractivity contribution < 1.29 is 23.7 Å². The maximum absolute atomic E-state index is 12.4. The second-order valence-corrected chi connectivity index (χ2v) is 6.56. The monoisotopic (exact) mass is 347 g/mol. The molecule has 0 spiro atoms. The number of fused-ring (bicyclic) bond motifs is 1. The van der Waals surface area contributed by atoms with Crippen LogP contribution in [0.2, 0.25) is 0 Å². The number of carbonyl (C=O) groups excluding carboxylic acids is 1. The van der Waals surface area contributed by atoms with Crippen molar-refractivity contribution in [3.8, 4) is 11.5 Å². The van der Waals surface area contributed by atoms with Crippen molar-refractivity contribution >= 4 is 5.91 Å². The number of carbonyl (C=O) groups is 1. The third-order valence-corrected chi connectivity index (χ3v) is 4.24. The first kappa shape index (κ1) is 17.8. The molecular weight excluding hydrogens is 322 g/mol. The van der Waals surface area contributed by atoms with E-state index in [4.69, 9.17) is 18.9 Å². The molecule has 1 aromatic rings. The zero-order chi connectivity index (χ0) is 17.6. The predicted molar refractivity (Wildman–Crippen MR) is 92.8 cm³/mol. The number of benzene rings is 1. The van der Waals surface area contributed by atoms with Gasteiger partial charge in [0.25, 0.3) is 0 Å². The van der Waals surface area contributed by atoms with Crippen LogP contribution in [-0.4, -0.2) is 44.7 Å². The number of allylic oxidation sites excluding steroid dienone is 1. The van der Waals surface area contributed by atoms with Crippen LogP contribution in [0.25, 0.3) is 0 Å². The molecule has 2 aliphatic heterocycles. The summed E-state index contributed by atoms with van der Waals surface area (Å²) >= 11 is 0. The number of ether oxygens (including phenoxy) is 4. The molecule has 6 nitrogen and oxygen atoms in total. The molecule has 1 saturated heterocycles. The highest BCUT2D eigenvalue weighted by atomic mass is 16.7. The summed E-state index contributed by atoms with van der Waals surface area (Å²) in [4.78, 5) is 12.4. The fourth-order valence-corrected chi connectivity index (χ4v) is 2.88. The normalized spacial score (nSPS) is 21.7. The molecule has 2 aliphatic rings. The second-order valence-electron chi connectivity index (χ2n) is 6.56. The molecule has 0 aromatic heterocycles. The van der Waals surface area contributed by atoms with Gasteiger partial charge in [-0.3, -0.25) is 4.79 Å². The van der Waals surface area contributed by atoms with Crippen molar-refractivity contribution in [3.05, 3.63) is 35.4 Å². The molecule has 1 N–H and O–H groups in total. The van der Waals surface area contributed by atoms with E-state index in [1.54, 1.807) is 0 Å². The smallest absolute Gasteiger partial charge is 0.231 e. The summed E-state index contributed by atoms with van der Waals surface area (Å²) in [6.07, 6.45) is 3.09. The van der Waals surface area contributed by atoms with Crippen LogP contribution in [-0.2, 0) is 20.7 Å². The molecule has 3 rings (SSSR count). The molecule has 6 heteroatoms. The summed E-state index contributed by atoms with van der Waals surface area (Å²) in [5.74, 6) is 1.36. The highest BCUT2D eigenvalue weighted by molar-refractivity contribution is 5.79. The third kappa shape index (κ3) is 4.96. The molecule has 0 saturated carbocycles. The van der Waals surface area contributed by atoms with Gasteiger partial charge in [-0.2, -0.15) is 0 Å². The molecule has 0 bridgehead atoms. The Balaban J connectivity index is 1.54. The number of rotatable bonds is 6. The number of amides is 1. The Labute approximate surface area is 148 Å². The Kier molecular flexibility index (Phi) is 5.94. The van der Waals surface area contributed by atoms with Crippen molar-refractivity contribution in [2.24, 2.45) is 0 Å². The van der Waals surface area contributed by atoms with E-state index in [1.807, 2.05) is 38.1 Å². The van der Waals surface area contributed by atoms with Crippen molar-refractivity contribution in [2.45, 2.75) is 38.8 Å². The maximum atomic E-state index is 12.4.